The number of amides is 2. The summed E-state index contributed by atoms with van der Waals surface area (Å²) in [6.07, 6.45) is -0.00917. The number of likely N-dealkylation sites (N-methyl/N-ethyl adjacent to an activating group) is 1. The molecule has 0 saturated heterocycles. The van der Waals surface area contributed by atoms with Crippen molar-refractivity contribution >= 4 is 11.8 Å². The fraction of sp³-hybridized carbons (Fsp3) is 0.500. The van der Waals surface area contributed by atoms with Crippen LogP contribution >= 0.6 is 0 Å². The lowest BCUT2D eigenvalue weighted by Gasteiger charge is -2.37. The van der Waals surface area contributed by atoms with E-state index in [0.29, 0.717) is 11.1 Å². The van der Waals surface area contributed by atoms with E-state index in [-0.39, 0.29) is 19.5 Å². The molecule has 0 bridgehead atoms. The molecule has 3 rings (SSSR count). The van der Waals surface area contributed by atoms with Crippen molar-refractivity contribution in [2.24, 2.45) is 10.8 Å². The number of carbonyl (C=O) groups is 2. The average molecular weight is 686 g/mol. The Kier molecular flexibility index (Phi) is 9.89. The van der Waals surface area contributed by atoms with Gasteiger partial charge in [0.1, 0.15) is 0 Å². The second-order valence-electron chi connectivity index (χ2n) is 13.4. The van der Waals surface area contributed by atoms with Gasteiger partial charge >= 0.3 is 0 Å². The summed E-state index contributed by atoms with van der Waals surface area (Å²) in [6.45, 7) is -4.09. The lowest BCUT2D eigenvalue weighted by Crippen LogP contribution is -2.62. The molecule has 3 aromatic rings. The van der Waals surface area contributed by atoms with Crippen molar-refractivity contribution in [2.75, 3.05) is 13.1 Å². The second-order valence-corrected chi connectivity index (χ2v) is 13.4. The highest BCUT2D eigenvalue weighted by Crippen LogP contribution is 2.23. The van der Waals surface area contributed by atoms with Crippen LogP contribution in [0, 0.1) is 10.8 Å². The Morgan fingerprint density at radius 1 is 0.857 bits per heavy atom. The molecular weight excluding hydrogens is 620 g/mol. The number of aromatic nitrogens is 1. The van der Waals surface area contributed by atoms with Gasteiger partial charge in [-0.2, -0.15) is 0 Å². The summed E-state index contributed by atoms with van der Waals surface area (Å²) in [7, 11) is 0. The van der Waals surface area contributed by atoms with Gasteiger partial charge in [0.2, 0.25) is 11.8 Å². The number of hydrogen-bond donors (Lipinski definition) is 7. The Morgan fingerprint density at radius 2 is 1.51 bits per heavy atom. The Morgan fingerprint density at radius 3 is 2.06 bits per heavy atom. The summed E-state index contributed by atoms with van der Waals surface area (Å²) in [6, 6.07) is 16.5. The van der Waals surface area contributed by atoms with Gasteiger partial charge in [0, 0.05) is 44.1 Å². The van der Waals surface area contributed by atoms with Crippen molar-refractivity contribution in [3.63, 3.8) is 0 Å². The molecule has 0 aliphatic heterocycles. The highest BCUT2D eigenvalue weighted by molar-refractivity contribution is 5.83. The van der Waals surface area contributed by atoms with Crippen LogP contribution in [-0.4, -0.2) is 80.4 Å². The molecule has 49 heavy (non-hydrogen) atoms. The molecule has 2 amide bonds. The van der Waals surface area contributed by atoms with Crippen molar-refractivity contribution in [3.05, 3.63) is 90.1 Å². The van der Waals surface area contributed by atoms with Crippen LogP contribution in [0.5, 0.6) is 0 Å². The summed E-state index contributed by atoms with van der Waals surface area (Å²) >= 11 is 0. The molecule has 1 heterocycles. The number of carbonyl (C=O) groups excluding carboxylic acids is 2. The van der Waals surface area contributed by atoms with Crippen LogP contribution in [0.1, 0.15) is 78.6 Å². The molecule has 11 heteroatoms. The molecule has 4 atom stereocenters. The number of nitrogens with one attached hydrogen (secondary N) is 4. The SMILES string of the molecule is [2H]C([2H])([2H])C([C@H](NCC)C(=O)N[C@@H](Cc1ccccc1)[C@@H](O)CN(Cc1ccc(-c2ccccn2)cc1)NC(=O)[C@@H](NC(C)(O)O)C(C)(C)C)(C([2H])([2H])[2H])C([2H])([2H])[2H]. The summed E-state index contributed by atoms with van der Waals surface area (Å²) in [5.74, 6) is -4.43. The van der Waals surface area contributed by atoms with Gasteiger partial charge in [-0.25, -0.2) is 5.01 Å². The highest BCUT2D eigenvalue weighted by Gasteiger charge is 2.38. The zero-order chi connectivity index (χ0) is 43.9. The predicted molar refractivity (Wildman–Crippen MR) is 192 cm³/mol. The first-order valence-electron chi connectivity index (χ1n) is 20.7. The fourth-order valence-corrected chi connectivity index (χ4v) is 5.27. The summed E-state index contributed by atoms with van der Waals surface area (Å²) in [5.41, 5.74) is 1.12. The first-order chi connectivity index (χ1) is 26.6. The topological polar surface area (TPSA) is 159 Å². The predicted octanol–water partition coefficient (Wildman–Crippen LogP) is 3.36. The molecule has 0 radical (unpaired) electrons. The maximum Gasteiger partial charge on any atom is 0.252 e. The maximum absolute atomic E-state index is 14.3. The third-order valence-corrected chi connectivity index (χ3v) is 7.70. The third-order valence-electron chi connectivity index (χ3n) is 7.70. The lowest BCUT2D eigenvalue weighted by molar-refractivity contribution is -0.185. The molecule has 268 valence electrons. The third kappa shape index (κ3) is 12.9. The van der Waals surface area contributed by atoms with E-state index >= 15 is 0 Å². The first kappa shape index (κ1) is 28.0. The minimum absolute atomic E-state index is 0.0239. The number of rotatable bonds is 16. The first-order valence-corrected chi connectivity index (χ1v) is 16.2. The molecule has 7 N–H and O–H groups in total. The Balaban J connectivity index is 2.10. The normalized spacial score (nSPS) is 18.4. The van der Waals surface area contributed by atoms with Gasteiger partial charge in [0.05, 0.1) is 29.9 Å². The van der Waals surface area contributed by atoms with E-state index in [0.717, 1.165) is 18.2 Å². The number of pyridine rings is 1. The Labute approximate surface area is 304 Å². The van der Waals surface area contributed by atoms with E-state index in [9.17, 15) is 24.9 Å². The number of hydrazine groups is 1. The van der Waals surface area contributed by atoms with E-state index in [1.54, 1.807) is 75.5 Å². The monoisotopic (exact) mass is 685 g/mol. The van der Waals surface area contributed by atoms with E-state index in [1.165, 1.54) is 11.9 Å². The van der Waals surface area contributed by atoms with Gasteiger partial charge in [-0.05, 0) is 47.1 Å². The molecule has 0 aliphatic rings. The van der Waals surface area contributed by atoms with Crippen LogP contribution in [0.2, 0.25) is 0 Å². The zero-order valence-electron chi connectivity index (χ0n) is 37.7. The van der Waals surface area contributed by atoms with Crippen LogP contribution in [0.15, 0.2) is 79.0 Å². The molecule has 0 fully saturated rings. The van der Waals surface area contributed by atoms with E-state index in [1.807, 2.05) is 24.3 Å². The van der Waals surface area contributed by atoms with Crippen LogP contribution in [0.3, 0.4) is 0 Å². The second kappa shape index (κ2) is 17.3. The highest BCUT2D eigenvalue weighted by atomic mass is 16.5. The molecule has 0 saturated carbocycles. The maximum atomic E-state index is 14.3. The number of benzene rings is 2. The number of nitrogens with zero attached hydrogens (tertiary/aromatic N) is 2. The van der Waals surface area contributed by atoms with Crippen LogP contribution in [-0.2, 0) is 22.6 Å². The van der Waals surface area contributed by atoms with Gasteiger partial charge in [-0.1, -0.05) is 109 Å². The van der Waals surface area contributed by atoms with Crippen molar-refractivity contribution < 1.29 is 37.2 Å². The van der Waals surface area contributed by atoms with E-state index in [2.05, 4.69) is 26.4 Å². The van der Waals surface area contributed by atoms with Crippen molar-refractivity contribution in [2.45, 2.75) is 98.3 Å². The van der Waals surface area contributed by atoms with Crippen molar-refractivity contribution in [1.82, 2.24) is 31.4 Å². The molecule has 2 aromatic carbocycles. The number of aliphatic hydroxyl groups excluding tert-OH is 1. The minimum atomic E-state index is -3.70. The molecule has 0 spiro atoms. The van der Waals surface area contributed by atoms with Gasteiger partial charge < -0.3 is 26.0 Å². The van der Waals surface area contributed by atoms with Crippen molar-refractivity contribution in [1.29, 1.82) is 0 Å². The smallest absolute Gasteiger partial charge is 0.252 e. The van der Waals surface area contributed by atoms with Crippen LogP contribution in [0.4, 0.5) is 0 Å². The Hall–Kier alpha value is -3.71. The standard InChI is InChI=1S/C38H56N6O5/c1-9-39-32(36(2,3)4)34(46)41-30(23-26-15-11-10-12-16-26)31(45)25-44(43-35(47)33(37(5,6)7)42-38(8,48)49)24-27-18-20-28(21-19-27)29-17-13-14-22-40-29/h10-22,30-33,39,42,45,48-49H,9,23-25H2,1-8H3,(H,41,46)(H,43,47)/t30-,31-,32+,33+/m0/s1/i2D3,3D3,4D3. The van der Waals surface area contributed by atoms with Gasteiger partial charge in [-0.3, -0.25) is 25.3 Å². The Bertz CT molecular complexity index is 1730. The summed E-state index contributed by atoms with van der Waals surface area (Å²) in [5, 5.41) is 41.3. The average Bonchev–Trinajstić information content (AvgIpc) is 3.08. The lowest BCUT2D eigenvalue weighted by atomic mass is 9.85. The van der Waals surface area contributed by atoms with E-state index < -0.39 is 79.9 Å². The zero-order valence-corrected chi connectivity index (χ0v) is 28.7. The number of hydrogen-bond acceptors (Lipinski definition) is 9. The molecule has 0 unspecified atom stereocenters. The van der Waals surface area contributed by atoms with Crippen LogP contribution in [0.25, 0.3) is 11.3 Å². The van der Waals surface area contributed by atoms with Crippen LogP contribution < -0.4 is 21.4 Å². The molecule has 1 aromatic heterocycles. The fourth-order valence-electron chi connectivity index (χ4n) is 5.27. The van der Waals surface area contributed by atoms with E-state index in [4.69, 9.17) is 12.3 Å². The minimum Gasteiger partial charge on any atom is -0.390 e. The summed E-state index contributed by atoms with van der Waals surface area (Å²) < 4.78 is 73.9. The largest absolute Gasteiger partial charge is 0.390 e. The van der Waals surface area contributed by atoms with Gasteiger partial charge in [-0.15, -0.1) is 0 Å². The number of aliphatic hydroxyl groups is 3. The molecule has 11 nitrogen and oxygen atoms in total. The molecule has 0 aliphatic carbocycles. The van der Waals surface area contributed by atoms with Crippen molar-refractivity contribution in [3.8, 4) is 11.3 Å². The van der Waals surface area contributed by atoms with Gasteiger partial charge in [0.25, 0.3) is 5.91 Å². The van der Waals surface area contributed by atoms with Gasteiger partial charge in [0.15, 0.2) is 0 Å². The quantitative estimate of drug-likeness (QED) is 0.0887. The molecular formula is C38H56N6O5. The summed E-state index contributed by atoms with van der Waals surface area (Å²) in [4.78, 5) is 32.6.